The highest BCUT2D eigenvalue weighted by Gasteiger charge is 2.41. The lowest BCUT2D eigenvalue weighted by Gasteiger charge is -2.36. The molecule has 0 bridgehead atoms. The van der Waals surface area contributed by atoms with Crippen LogP contribution in [0.5, 0.6) is 5.75 Å². The van der Waals surface area contributed by atoms with E-state index in [0.717, 1.165) is 11.1 Å². The smallest absolute Gasteiger partial charge is 0.235 e. The number of ether oxygens (including phenoxy) is 2. The van der Waals surface area contributed by atoms with Crippen LogP contribution in [0.25, 0.3) is 0 Å². The van der Waals surface area contributed by atoms with Gasteiger partial charge in [0.2, 0.25) is 5.91 Å². The first-order valence-corrected chi connectivity index (χ1v) is 10.1. The van der Waals surface area contributed by atoms with Crippen LogP contribution < -0.4 is 10.1 Å². The van der Waals surface area contributed by atoms with Crippen LogP contribution in [0.3, 0.4) is 0 Å². The summed E-state index contributed by atoms with van der Waals surface area (Å²) in [6, 6.07) is 15.5. The summed E-state index contributed by atoms with van der Waals surface area (Å²) >= 11 is 0. The lowest BCUT2D eigenvalue weighted by Crippen LogP contribution is -2.44. The summed E-state index contributed by atoms with van der Waals surface area (Å²) in [5, 5.41) is 12.5. The van der Waals surface area contributed by atoms with E-state index in [1.54, 1.807) is 18.2 Å². The van der Waals surface area contributed by atoms with Crippen molar-refractivity contribution >= 4 is 11.6 Å². The minimum atomic E-state index is -0.635. The number of benzene rings is 2. The summed E-state index contributed by atoms with van der Waals surface area (Å²) in [6.45, 7) is 7.78. The molecule has 2 aromatic carbocycles. The molecule has 1 aliphatic heterocycles. The minimum absolute atomic E-state index is 0.0638. The summed E-state index contributed by atoms with van der Waals surface area (Å²) in [5.41, 5.74) is 2.52. The zero-order valence-corrected chi connectivity index (χ0v) is 17.3. The Morgan fingerprint density at radius 2 is 2.00 bits per heavy atom. The SMILES string of the molecule is Cc1cccc(C2(C(=O)Nc3ccc(OCC(C)C)c(C#N)c3)CCOCC2)c1. The number of nitrogens with one attached hydrogen (secondary N) is 1. The fraction of sp³-hybridized carbons (Fsp3) is 0.417. The van der Waals surface area contributed by atoms with Crippen LogP contribution in [-0.2, 0) is 14.9 Å². The highest BCUT2D eigenvalue weighted by Crippen LogP contribution is 2.37. The van der Waals surface area contributed by atoms with Crippen LogP contribution in [-0.4, -0.2) is 25.7 Å². The molecule has 1 amide bonds. The Hall–Kier alpha value is -2.84. The highest BCUT2D eigenvalue weighted by atomic mass is 16.5. The quantitative estimate of drug-likeness (QED) is 0.781. The molecule has 152 valence electrons. The average Bonchev–Trinajstić information content (AvgIpc) is 2.73. The van der Waals surface area contributed by atoms with Gasteiger partial charge in [0.1, 0.15) is 11.8 Å². The van der Waals surface area contributed by atoms with Gasteiger partial charge in [-0.15, -0.1) is 0 Å². The van der Waals surface area contributed by atoms with Gasteiger partial charge < -0.3 is 14.8 Å². The lowest BCUT2D eigenvalue weighted by molar-refractivity contribution is -0.125. The molecule has 0 aliphatic carbocycles. The van der Waals surface area contributed by atoms with E-state index in [9.17, 15) is 10.1 Å². The monoisotopic (exact) mass is 392 g/mol. The first-order chi connectivity index (χ1) is 13.9. The molecule has 1 aliphatic rings. The Labute approximate surface area is 172 Å². The molecule has 2 aromatic rings. The minimum Gasteiger partial charge on any atom is -0.492 e. The molecule has 0 radical (unpaired) electrons. The zero-order chi connectivity index (χ0) is 20.9. The lowest BCUT2D eigenvalue weighted by atomic mass is 9.73. The van der Waals surface area contributed by atoms with E-state index in [-0.39, 0.29) is 5.91 Å². The molecule has 29 heavy (non-hydrogen) atoms. The number of aryl methyl sites for hydroxylation is 1. The third kappa shape index (κ3) is 4.78. The van der Waals surface area contributed by atoms with Crippen LogP contribution in [0, 0.1) is 24.2 Å². The summed E-state index contributed by atoms with van der Waals surface area (Å²) in [5.74, 6) is 0.841. The molecule has 5 heteroatoms. The van der Waals surface area contributed by atoms with Gasteiger partial charge >= 0.3 is 0 Å². The maximum atomic E-state index is 13.4. The number of hydrogen-bond donors (Lipinski definition) is 1. The molecule has 1 fully saturated rings. The second-order valence-corrected chi connectivity index (χ2v) is 8.05. The van der Waals surface area contributed by atoms with Gasteiger partial charge in [0.25, 0.3) is 0 Å². The van der Waals surface area contributed by atoms with E-state index >= 15 is 0 Å². The van der Waals surface area contributed by atoms with Crippen molar-refractivity contribution in [3.05, 3.63) is 59.2 Å². The fourth-order valence-corrected chi connectivity index (χ4v) is 3.64. The molecule has 0 spiro atoms. The zero-order valence-electron chi connectivity index (χ0n) is 17.3. The van der Waals surface area contributed by atoms with Crippen molar-refractivity contribution in [1.82, 2.24) is 0 Å². The van der Waals surface area contributed by atoms with Crippen LogP contribution in [0.2, 0.25) is 0 Å². The van der Waals surface area contributed by atoms with Gasteiger partial charge in [-0.2, -0.15) is 5.26 Å². The van der Waals surface area contributed by atoms with Crippen molar-refractivity contribution in [2.75, 3.05) is 25.1 Å². The Morgan fingerprint density at radius 3 is 2.66 bits per heavy atom. The van der Waals surface area contributed by atoms with Crippen molar-refractivity contribution in [3.8, 4) is 11.8 Å². The number of nitrogens with zero attached hydrogens (tertiary/aromatic N) is 1. The summed E-state index contributed by atoms with van der Waals surface area (Å²) < 4.78 is 11.3. The van der Waals surface area contributed by atoms with E-state index < -0.39 is 5.41 Å². The van der Waals surface area contributed by atoms with Crippen molar-refractivity contribution in [2.24, 2.45) is 5.92 Å². The maximum Gasteiger partial charge on any atom is 0.235 e. The van der Waals surface area contributed by atoms with Crippen LogP contribution in [0.15, 0.2) is 42.5 Å². The Kier molecular flexibility index (Phi) is 6.56. The van der Waals surface area contributed by atoms with E-state index in [1.165, 1.54) is 0 Å². The molecule has 3 rings (SSSR count). The fourth-order valence-electron chi connectivity index (χ4n) is 3.64. The van der Waals surface area contributed by atoms with Gasteiger partial charge in [0.15, 0.2) is 0 Å². The molecule has 0 aromatic heterocycles. The molecular weight excluding hydrogens is 364 g/mol. The Morgan fingerprint density at radius 1 is 1.24 bits per heavy atom. The average molecular weight is 392 g/mol. The topological polar surface area (TPSA) is 71.3 Å². The predicted octanol–water partition coefficient (Wildman–Crippen LogP) is 4.59. The molecule has 0 saturated carbocycles. The number of carbonyl (C=O) groups excluding carboxylic acids is 1. The number of nitriles is 1. The predicted molar refractivity (Wildman–Crippen MR) is 113 cm³/mol. The van der Waals surface area contributed by atoms with E-state index in [0.29, 0.717) is 55.6 Å². The normalized spacial score (nSPS) is 15.6. The van der Waals surface area contributed by atoms with E-state index in [4.69, 9.17) is 9.47 Å². The molecule has 1 N–H and O–H groups in total. The number of anilines is 1. The third-order valence-electron chi connectivity index (χ3n) is 5.28. The standard InChI is InChI=1S/C24H28N2O3/c1-17(2)16-29-22-8-7-21(14-19(22)15-25)26-23(27)24(9-11-28-12-10-24)20-6-4-5-18(3)13-20/h4-8,13-14,17H,9-12,16H2,1-3H3,(H,26,27). The number of hydrogen-bond acceptors (Lipinski definition) is 4. The van der Waals surface area contributed by atoms with Crippen LogP contribution >= 0.6 is 0 Å². The first-order valence-electron chi connectivity index (χ1n) is 10.1. The van der Waals surface area contributed by atoms with Crippen molar-refractivity contribution in [2.45, 2.75) is 39.0 Å². The van der Waals surface area contributed by atoms with Crippen LogP contribution in [0.1, 0.15) is 43.4 Å². The van der Waals surface area contributed by atoms with Gasteiger partial charge in [-0.05, 0) is 49.4 Å². The van der Waals surface area contributed by atoms with Gasteiger partial charge in [-0.1, -0.05) is 43.7 Å². The van der Waals surface area contributed by atoms with E-state index in [1.807, 2.05) is 25.1 Å². The second-order valence-electron chi connectivity index (χ2n) is 8.05. The highest BCUT2D eigenvalue weighted by molar-refractivity contribution is 5.99. The molecular formula is C24H28N2O3. The van der Waals surface area contributed by atoms with Crippen molar-refractivity contribution in [3.63, 3.8) is 0 Å². The molecule has 0 atom stereocenters. The van der Waals surface area contributed by atoms with Crippen molar-refractivity contribution in [1.29, 1.82) is 5.26 Å². The summed E-state index contributed by atoms with van der Waals surface area (Å²) in [7, 11) is 0. The second kappa shape index (κ2) is 9.11. The molecule has 5 nitrogen and oxygen atoms in total. The Balaban J connectivity index is 1.86. The molecule has 1 saturated heterocycles. The number of carbonyl (C=O) groups is 1. The maximum absolute atomic E-state index is 13.4. The molecule has 1 heterocycles. The van der Waals surface area contributed by atoms with Gasteiger partial charge in [0.05, 0.1) is 17.6 Å². The summed E-state index contributed by atoms with van der Waals surface area (Å²) in [6.07, 6.45) is 1.26. The molecule has 0 unspecified atom stereocenters. The van der Waals surface area contributed by atoms with Crippen LogP contribution in [0.4, 0.5) is 5.69 Å². The number of amides is 1. The van der Waals surface area contributed by atoms with E-state index in [2.05, 4.69) is 31.3 Å². The summed E-state index contributed by atoms with van der Waals surface area (Å²) in [4.78, 5) is 13.4. The first kappa shape index (κ1) is 20.9. The van der Waals surface area contributed by atoms with Gasteiger partial charge in [0, 0.05) is 18.9 Å². The third-order valence-corrected chi connectivity index (χ3v) is 5.28. The van der Waals surface area contributed by atoms with Crippen molar-refractivity contribution < 1.29 is 14.3 Å². The number of rotatable bonds is 6. The largest absolute Gasteiger partial charge is 0.492 e. The Bertz CT molecular complexity index is 909. The van der Waals surface area contributed by atoms with Gasteiger partial charge in [-0.3, -0.25) is 4.79 Å². The van der Waals surface area contributed by atoms with Gasteiger partial charge in [-0.25, -0.2) is 0 Å².